The van der Waals surface area contributed by atoms with E-state index in [0.29, 0.717) is 37.9 Å². The first-order valence-electron chi connectivity index (χ1n) is 22.6. The third-order valence-electron chi connectivity index (χ3n) is 13.7. The van der Waals surface area contributed by atoms with Crippen LogP contribution in [0, 0.1) is 29.1 Å². The zero-order chi connectivity index (χ0) is 44.9. The lowest BCUT2D eigenvalue weighted by Crippen LogP contribution is -2.62. The SMILES string of the molecule is CCn1c(-c2cccnc2[C@H](C)OC)c2c3cc(ccc31)-c1cc(O)cc(c1)C[C@H](NC(=O)[C@H](C(C)C)N(C)C(=O)[C@H]1[C@@H]3CNC[C@@H]31)C(=O)N1CCC[C@H](N1)C(=O)OCC(C)(C)C2. The lowest BCUT2D eigenvalue weighted by atomic mass is 9.84. The molecule has 3 fully saturated rings. The topological polar surface area (TPSA) is 167 Å². The van der Waals surface area contributed by atoms with Crippen LogP contribution in [0.1, 0.15) is 77.3 Å². The molecule has 0 unspecified atom stereocenters. The lowest BCUT2D eigenvalue weighted by Gasteiger charge is -2.37. The number of pyridine rings is 1. The van der Waals surface area contributed by atoms with Crippen molar-refractivity contribution in [3.8, 4) is 28.1 Å². The Kier molecular flexibility index (Phi) is 12.4. The van der Waals surface area contributed by atoms with Crippen molar-refractivity contribution in [3.05, 3.63) is 71.5 Å². The van der Waals surface area contributed by atoms with Gasteiger partial charge in [0.1, 0.15) is 23.9 Å². The van der Waals surface area contributed by atoms with Crippen molar-refractivity contribution in [2.45, 2.75) is 98.0 Å². The van der Waals surface area contributed by atoms with Crippen LogP contribution >= 0.6 is 0 Å². The fraction of sp³-hybridized carbons (Fsp3) is 0.531. The van der Waals surface area contributed by atoms with Crippen molar-refractivity contribution in [1.82, 2.24) is 35.5 Å². The van der Waals surface area contributed by atoms with Gasteiger partial charge in [-0.3, -0.25) is 29.2 Å². The van der Waals surface area contributed by atoms with Gasteiger partial charge in [-0.05, 0) is 123 Å². The molecule has 3 amide bonds. The molecule has 14 heteroatoms. The van der Waals surface area contributed by atoms with Crippen LogP contribution in [0.25, 0.3) is 33.3 Å². The number of carbonyl (C=O) groups excluding carboxylic acids is 4. The minimum absolute atomic E-state index is 0.0185. The van der Waals surface area contributed by atoms with Gasteiger partial charge in [0.25, 0.3) is 5.91 Å². The van der Waals surface area contributed by atoms with Gasteiger partial charge in [0, 0.05) is 67.7 Å². The number of phenols is 1. The number of piperidine rings is 1. The number of ether oxygens (including phenoxy) is 2. The van der Waals surface area contributed by atoms with Crippen molar-refractivity contribution in [2.75, 3.05) is 40.4 Å². The number of aromatic hydroxyl groups is 1. The quantitative estimate of drug-likeness (QED) is 0.160. The highest BCUT2D eigenvalue weighted by Gasteiger charge is 2.58. The van der Waals surface area contributed by atoms with E-state index in [9.17, 15) is 24.3 Å². The number of aryl methyl sites for hydroxylation is 1. The molecule has 3 aliphatic heterocycles. The number of cyclic esters (lactones) is 1. The number of likely N-dealkylation sites (N-methyl/N-ethyl adjacent to an activating group) is 1. The third-order valence-corrected chi connectivity index (χ3v) is 13.7. The number of phenolic OH excluding ortho intramolecular Hbond substituents is 1. The number of carbonyl (C=O) groups is 4. The summed E-state index contributed by atoms with van der Waals surface area (Å²) in [5.41, 5.74) is 9.76. The number of aromatic nitrogens is 2. The Hall–Kier alpha value is -5.31. The molecule has 2 aromatic carbocycles. The Balaban J connectivity index is 1.22. The summed E-state index contributed by atoms with van der Waals surface area (Å²) in [6, 6.07) is 12.9. The molecule has 4 aliphatic rings. The number of hydrazine groups is 1. The molecule has 0 spiro atoms. The van der Waals surface area contributed by atoms with E-state index < -0.39 is 41.3 Å². The van der Waals surface area contributed by atoms with Crippen molar-refractivity contribution in [3.63, 3.8) is 0 Å². The average Bonchev–Trinajstić information content (AvgIpc) is 3.57. The van der Waals surface area contributed by atoms with Gasteiger partial charge in [0.15, 0.2) is 0 Å². The fourth-order valence-corrected chi connectivity index (χ4v) is 10.4. The molecule has 5 heterocycles. The number of benzene rings is 2. The first kappa shape index (κ1) is 44.3. The number of nitrogens with zero attached hydrogens (tertiary/aromatic N) is 4. The van der Waals surface area contributed by atoms with Crippen LogP contribution in [0.15, 0.2) is 54.7 Å². The van der Waals surface area contributed by atoms with E-state index in [1.54, 1.807) is 37.4 Å². The molecule has 1 saturated carbocycles. The van der Waals surface area contributed by atoms with E-state index in [-0.39, 0.29) is 54.5 Å². The van der Waals surface area contributed by atoms with Gasteiger partial charge in [0.2, 0.25) is 11.8 Å². The van der Waals surface area contributed by atoms with Gasteiger partial charge in [-0.2, -0.15) is 0 Å². The molecule has 0 radical (unpaired) electrons. The largest absolute Gasteiger partial charge is 0.508 e. The van der Waals surface area contributed by atoms with Gasteiger partial charge >= 0.3 is 5.97 Å². The van der Waals surface area contributed by atoms with E-state index in [1.807, 2.05) is 39.0 Å². The van der Waals surface area contributed by atoms with E-state index in [4.69, 9.17) is 14.5 Å². The van der Waals surface area contributed by atoms with Crippen LogP contribution < -0.4 is 16.1 Å². The number of rotatable bonds is 9. The molecule has 4 N–H and O–H groups in total. The summed E-state index contributed by atoms with van der Waals surface area (Å²) in [5.74, 6) is -1.14. The molecule has 8 rings (SSSR count). The molecule has 63 heavy (non-hydrogen) atoms. The Morgan fingerprint density at radius 2 is 1.84 bits per heavy atom. The smallest absolute Gasteiger partial charge is 0.324 e. The van der Waals surface area contributed by atoms with E-state index in [1.165, 1.54) is 5.01 Å². The minimum Gasteiger partial charge on any atom is -0.508 e. The molecule has 6 bridgehead atoms. The summed E-state index contributed by atoms with van der Waals surface area (Å²) >= 11 is 0. The first-order valence-corrected chi connectivity index (χ1v) is 22.6. The van der Waals surface area contributed by atoms with Gasteiger partial charge in [-0.25, -0.2) is 5.43 Å². The van der Waals surface area contributed by atoms with Crippen molar-refractivity contribution >= 4 is 34.6 Å². The van der Waals surface area contributed by atoms with Crippen molar-refractivity contribution < 1.29 is 33.8 Å². The number of fused-ring (bicyclic) bond motifs is 7. The standard InChI is InChI=1S/C49H63N7O7/c1-9-55-40-15-14-30-22-34(40)35(44(55)33-12-10-16-51-42(33)28(4)62-8)23-49(5,6)26-63-48(61)38-13-11-17-56(53-38)46(59)39(20-29-18-31(30)21-32(57)19-29)52-45(58)43(27(2)3)54(7)47(60)41-36-24-50-25-37(36)41/h10,12,14-16,18-19,21-22,27-28,36-39,41,43,50,53,57H,9,11,13,17,20,23-26H2,1-8H3,(H,52,58)/t28-,36-,37+,38-,39-,41+,43-/m0/s1. The van der Waals surface area contributed by atoms with Crippen LogP contribution in [0.3, 0.4) is 0 Å². The molecule has 1 aliphatic carbocycles. The van der Waals surface area contributed by atoms with Gasteiger partial charge < -0.3 is 34.7 Å². The zero-order valence-electron chi connectivity index (χ0n) is 37.9. The Labute approximate surface area is 370 Å². The molecule has 2 saturated heterocycles. The summed E-state index contributed by atoms with van der Waals surface area (Å²) in [7, 11) is 3.36. The zero-order valence-corrected chi connectivity index (χ0v) is 37.9. The monoisotopic (exact) mass is 861 g/mol. The average molecular weight is 862 g/mol. The predicted molar refractivity (Wildman–Crippen MR) is 240 cm³/mol. The summed E-state index contributed by atoms with van der Waals surface area (Å²) in [6.45, 7) is 14.8. The van der Waals surface area contributed by atoms with Crippen molar-refractivity contribution in [2.24, 2.45) is 29.1 Å². The van der Waals surface area contributed by atoms with E-state index in [0.717, 1.165) is 57.6 Å². The van der Waals surface area contributed by atoms with Crippen molar-refractivity contribution in [1.29, 1.82) is 0 Å². The second-order valence-electron chi connectivity index (χ2n) is 19.2. The Morgan fingerprint density at radius 1 is 1.08 bits per heavy atom. The minimum atomic E-state index is -1.10. The maximum atomic E-state index is 14.7. The van der Waals surface area contributed by atoms with E-state index >= 15 is 0 Å². The highest BCUT2D eigenvalue weighted by molar-refractivity contribution is 5.96. The van der Waals surface area contributed by atoms with Gasteiger partial charge in [0.05, 0.1) is 24.1 Å². The normalized spacial score (nSPS) is 24.3. The van der Waals surface area contributed by atoms with Crippen LogP contribution in [-0.2, 0) is 48.0 Å². The molecule has 336 valence electrons. The summed E-state index contributed by atoms with van der Waals surface area (Å²) in [6.07, 6.45) is 3.12. The van der Waals surface area contributed by atoms with Crippen LogP contribution in [0.2, 0.25) is 0 Å². The molecular formula is C49H63N7O7. The second kappa shape index (κ2) is 17.7. The molecule has 4 aromatic rings. The number of amides is 3. The lowest BCUT2D eigenvalue weighted by molar-refractivity contribution is -0.155. The summed E-state index contributed by atoms with van der Waals surface area (Å²) in [4.78, 5) is 63.1. The third kappa shape index (κ3) is 8.69. The second-order valence-corrected chi connectivity index (χ2v) is 19.2. The fourth-order valence-electron chi connectivity index (χ4n) is 10.4. The summed E-state index contributed by atoms with van der Waals surface area (Å²) in [5, 5.41) is 20.1. The Morgan fingerprint density at radius 3 is 2.56 bits per heavy atom. The van der Waals surface area contributed by atoms with Crippen LogP contribution in [0.5, 0.6) is 5.75 Å². The Bertz CT molecular complexity index is 2400. The van der Waals surface area contributed by atoms with Crippen LogP contribution in [0.4, 0.5) is 0 Å². The molecule has 7 atom stereocenters. The molecule has 14 nitrogen and oxygen atoms in total. The maximum absolute atomic E-state index is 14.7. The number of nitrogens with one attached hydrogen (secondary N) is 3. The maximum Gasteiger partial charge on any atom is 0.324 e. The number of methoxy groups -OCH3 is 1. The van der Waals surface area contributed by atoms with Crippen LogP contribution in [-0.4, -0.2) is 107 Å². The molecule has 2 aromatic heterocycles. The molecular weight excluding hydrogens is 799 g/mol. The highest BCUT2D eigenvalue weighted by atomic mass is 16.5. The number of esters is 1. The number of hydrogen-bond donors (Lipinski definition) is 4. The number of hydrogen-bond acceptors (Lipinski definition) is 10. The van der Waals surface area contributed by atoms with Gasteiger partial charge in [-0.15, -0.1) is 0 Å². The first-order chi connectivity index (χ1) is 30.1. The van der Waals surface area contributed by atoms with Gasteiger partial charge in [-0.1, -0.05) is 39.8 Å². The van der Waals surface area contributed by atoms with E-state index in [2.05, 4.69) is 59.6 Å². The predicted octanol–water partition coefficient (Wildman–Crippen LogP) is 5.40. The highest BCUT2D eigenvalue weighted by Crippen LogP contribution is 2.50. The summed E-state index contributed by atoms with van der Waals surface area (Å²) < 4.78 is 14.2.